The lowest BCUT2D eigenvalue weighted by molar-refractivity contribution is -0.135. The van der Waals surface area contributed by atoms with E-state index in [2.05, 4.69) is 16.0 Å². The van der Waals surface area contributed by atoms with Gasteiger partial charge in [0.1, 0.15) is 0 Å². The minimum atomic E-state index is -0.403. The molecule has 2 aliphatic heterocycles. The van der Waals surface area contributed by atoms with Crippen LogP contribution in [0.2, 0.25) is 0 Å². The summed E-state index contributed by atoms with van der Waals surface area (Å²) in [6.07, 6.45) is 10.0. The average Bonchev–Trinajstić information content (AvgIpc) is 3.04. The van der Waals surface area contributed by atoms with Crippen LogP contribution in [0.5, 0.6) is 0 Å². The van der Waals surface area contributed by atoms with Gasteiger partial charge in [0.05, 0.1) is 12.0 Å². The molecule has 1 fully saturated rings. The number of pyridine rings is 2. The number of fused-ring (bicyclic) bond motifs is 4. The second kappa shape index (κ2) is 8.88. The maximum absolute atomic E-state index is 13.6. The first-order valence-electron chi connectivity index (χ1n) is 11.9. The highest BCUT2D eigenvalue weighted by atomic mass is 16.3. The van der Waals surface area contributed by atoms with Gasteiger partial charge in [-0.25, -0.2) is 0 Å². The molecule has 7 heteroatoms. The lowest BCUT2D eigenvalue weighted by atomic mass is 9.86. The standard InChI is InChI=1S/C26H32N4O3/c1-28(2)26(33)23-20(16-31)22-15-30-21(24(23)29(22)14-17-7-6-12-27-13-17)11-10-19(25(30)32)18-8-4-3-5-9-18/h6-8,10-13,20,22-24,31H,3-5,9,14-16H2,1-2H3/t20-,22-,23+,24+/m1/s1. The zero-order chi connectivity index (χ0) is 23.1. The van der Waals surface area contributed by atoms with Gasteiger partial charge in [-0.1, -0.05) is 12.1 Å². The van der Waals surface area contributed by atoms with E-state index in [4.69, 9.17) is 0 Å². The fourth-order valence-corrected chi connectivity index (χ4v) is 6.05. The minimum Gasteiger partial charge on any atom is -0.396 e. The number of carbonyl (C=O) groups excluding carboxylic acids is 1. The molecule has 4 heterocycles. The molecule has 7 nitrogen and oxygen atoms in total. The Hall–Kier alpha value is -2.77. The Labute approximate surface area is 194 Å². The fraction of sp³-hybridized carbons (Fsp3) is 0.500. The van der Waals surface area contributed by atoms with Gasteiger partial charge in [0.2, 0.25) is 5.91 Å². The van der Waals surface area contributed by atoms with Crippen LogP contribution in [0.3, 0.4) is 0 Å². The number of rotatable bonds is 5. The van der Waals surface area contributed by atoms with E-state index < -0.39 is 5.92 Å². The molecule has 3 aliphatic rings. The smallest absolute Gasteiger partial charge is 0.258 e. The Balaban J connectivity index is 1.62. The number of aromatic nitrogens is 2. The van der Waals surface area contributed by atoms with E-state index in [1.165, 1.54) is 6.42 Å². The molecular weight excluding hydrogens is 416 g/mol. The number of hydrogen-bond donors (Lipinski definition) is 1. The maximum Gasteiger partial charge on any atom is 0.258 e. The first-order valence-corrected chi connectivity index (χ1v) is 11.9. The quantitative estimate of drug-likeness (QED) is 0.760. The molecule has 0 spiro atoms. The molecule has 4 atom stereocenters. The molecule has 1 amide bonds. The third-order valence-electron chi connectivity index (χ3n) is 7.62. The maximum atomic E-state index is 13.6. The molecule has 1 saturated heterocycles. The van der Waals surface area contributed by atoms with Gasteiger partial charge >= 0.3 is 0 Å². The molecule has 5 rings (SSSR count). The fourth-order valence-electron chi connectivity index (χ4n) is 6.05. The van der Waals surface area contributed by atoms with Crippen LogP contribution in [0.1, 0.15) is 48.5 Å². The van der Waals surface area contributed by atoms with E-state index in [-0.39, 0.29) is 36.1 Å². The number of nitrogens with zero attached hydrogens (tertiary/aromatic N) is 4. The van der Waals surface area contributed by atoms with E-state index in [1.54, 1.807) is 25.2 Å². The Morgan fingerprint density at radius 2 is 2.09 bits per heavy atom. The lowest BCUT2D eigenvalue weighted by Gasteiger charge is -2.38. The van der Waals surface area contributed by atoms with E-state index in [0.717, 1.165) is 41.7 Å². The van der Waals surface area contributed by atoms with Gasteiger partial charge in [-0.15, -0.1) is 0 Å². The van der Waals surface area contributed by atoms with E-state index in [9.17, 15) is 14.7 Å². The molecule has 174 valence electrons. The number of hydrogen-bond acceptors (Lipinski definition) is 5. The van der Waals surface area contributed by atoms with Crippen LogP contribution in [0.25, 0.3) is 5.57 Å². The second-order valence-corrected chi connectivity index (χ2v) is 9.71. The Bertz CT molecular complexity index is 1120. The van der Waals surface area contributed by atoms with Crippen LogP contribution in [-0.4, -0.2) is 57.1 Å². The van der Waals surface area contributed by atoms with Crippen molar-refractivity contribution >= 4 is 11.5 Å². The van der Waals surface area contributed by atoms with Crippen LogP contribution < -0.4 is 5.56 Å². The van der Waals surface area contributed by atoms with Gasteiger partial charge in [0.15, 0.2) is 0 Å². The normalized spacial score (nSPS) is 26.6. The number of carbonyl (C=O) groups is 1. The summed E-state index contributed by atoms with van der Waals surface area (Å²) >= 11 is 0. The van der Waals surface area contributed by atoms with Gasteiger partial charge in [0.25, 0.3) is 5.56 Å². The second-order valence-electron chi connectivity index (χ2n) is 9.71. The van der Waals surface area contributed by atoms with Crippen molar-refractivity contribution in [3.8, 4) is 0 Å². The first-order chi connectivity index (χ1) is 16.0. The van der Waals surface area contributed by atoms with Gasteiger partial charge < -0.3 is 14.6 Å². The monoisotopic (exact) mass is 448 g/mol. The van der Waals surface area contributed by atoms with Crippen LogP contribution in [0.15, 0.2) is 47.5 Å². The van der Waals surface area contributed by atoms with Crippen molar-refractivity contribution in [3.63, 3.8) is 0 Å². The van der Waals surface area contributed by atoms with E-state index in [0.29, 0.717) is 13.1 Å². The Kier molecular flexibility index (Phi) is 5.93. The molecule has 0 saturated carbocycles. The topological polar surface area (TPSA) is 78.7 Å². The molecule has 2 bridgehead atoms. The average molecular weight is 449 g/mol. The number of aliphatic hydroxyl groups excluding tert-OH is 1. The van der Waals surface area contributed by atoms with Crippen molar-refractivity contribution in [1.82, 2.24) is 19.4 Å². The van der Waals surface area contributed by atoms with Crippen molar-refractivity contribution in [2.45, 2.75) is 50.9 Å². The molecule has 0 unspecified atom stereocenters. The highest BCUT2D eigenvalue weighted by molar-refractivity contribution is 5.80. The van der Waals surface area contributed by atoms with E-state index in [1.807, 2.05) is 35.0 Å². The summed E-state index contributed by atoms with van der Waals surface area (Å²) in [6.45, 7) is 1.02. The predicted molar refractivity (Wildman–Crippen MR) is 126 cm³/mol. The third kappa shape index (κ3) is 3.73. The van der Waals surface area contributed by atoms with Crippen LogP contribution in [0, 0.1) is 11.8 Å². The highest BCUT2D eigenvalue weighted by Gasteiger charge is 2.56. The van der Waals surface area contributed by atoms with Gasteiger partial charge in [0, 0.05) is 69.4 Å². The highest BCUT2D eigenvalue weighted by Crippen LogP contribution is 2.49. The van der Waals surface area contributed by atoms with Crippen molar-refractivity contribution in [1.29, 1.82) is 0 Å². The van der Waals surface area contributed by atoms with Crippen molar-refractivity contribution in [2.24, 2.45) is 11.8 Å². The molecule has 0 radical (unpaired) electrons. The zero-order valence-corrected chi connectivity index (χ0v) is 19.4. The molecule has 2 aromatic rings. The van der Waals surface area contributed by atoms with Crippen LogP contribution >= 0.6 is 0 Å². The Morgan fingerprint density at radius 1 is 1.24 bits per heavy atom. The third-order valence-corrected chi connectivity index (χ3v) is 7.62. The Morgan fingerprint density at radius 3 is 2.76 bits per heavy atom. The number of aliphatic hydroxyl groups is 1. The molecule has 1 aliphatic carbocycles. The predicted octanol–water partition coefficient (Wildman–Crippen LogP) is 2.45. The first kappa shape index (κ1) is 22.0. The number of allylic oxidation sites excluding steroid dienone is 2. The largest absolute Gasteiger partial charge is 0.396 e. The minimum absolute atomic E-state index is 0.00213. The summed E-state index contributed by atoms with van der Waals surface area (Å²) in [7, 11) is 3.52. The van der Waals surface area contributed by atoms with Gasteiger partial charge in [-0.05, 0) is 55.0 Å². The van der Waals surface area contributed by atoms with Gasteiger partial charge in [-0.2, -0.15) is 0 Å². The summed E-state index contributed by atoms with van der Waals surface area (Å²) in [4.78, 5) is 35.1. The summed E-state index contributed by atoms with van der Waals surface area (Å²) < 4.78 is 1.88. The molecule has 33 heavy (non-hydrogen) atoms. The molecule has 2 aromatic heterocycles. The van der Waals surface area contributed by atoms with Crippen molar-refractivity contribution < 1.29 is 9.90 Å². The van der Waals surface area contributed by atoms with Crippen molar-refractivity contribution in [3.05, 3.63) is 69.9 Å². The molecular formula is C26H32N4O3. The van der Waals surface area contributed by atoms with Crippen LogP contribution in [-0.2, 0) is 17.9 Å². The zero-order valence-electron chi connectivity index (χ0n) is 19.4. The molecule has 0 aromatic carbocycles. The van der Waals surface area contributed by atoms with Gasteiger partial charge in [-0.3, -0.25) is 19.5 Å². The SMILES string of the molecule is CN(C)C(=O)[C@H]1[C@H](CO)[C@H]2Cn3c(ccc(C4=CCCCC4)c3=O)[C@@H]1N2Cc1cccnc1. The summed E-state index contributed by atoms with van der Waals surface area (Å²) in [5.41, 5.74) is 3.89. The van der Waals surface area contributed by atoms with Crippen molar-refractivity contribution in [2.75, 3.05) is 20.7 Å². The summed E-state index contributed by atoms with van der Waals surface area (Å²) in [6, 6.07) is 7.57. The van der Waals surface area contributed by atoms with E-state index >= 15 is 0 Å². The lowest BCUT2D eigenvalue weighted by Crippen LogP contribution is -2.46. The summed E-state index contributed by atoms with van der Waals surface area (Å²) in [5.74, 6) is -0.643. The molecule has 1 N–H and O–H groups in total. The van der Waals surface area contributed by atoms with Crippen LogP contribution in [0.4, 0.5) is 0 Å². The number of amides is 1. The summed E-state index contributed by atoms with van der Waals surface area (Å²) in [5, 5.41) is 10.4.